The summed E-state index contributed by atoms with van der Waals surface area (Å²) >= 11 is 0. The molecule has 1 fully saturated rings. The van der Waals surface area contributed by atoms with Gasteiger partial charge in [-0.25, -0.2) is 0 Å². The van der Waals surface area contributed by atoms with Crippen LogP contribution >= 0.6 is 0 Å². The van der Waals surface area contributed by atoms with Crippen molar-refractivity contribution in [3.63, 3.8) is 0 Å². The summed E-state index contributed by atoms with van der Waals surface area (Å²) in [5.41, 5.74) is 1.60. The largest absolute Gasteiger partial charge is 0.314 e. The summed E-state index contributed by atoms with van der Waals surface area (Å²) in [6, 6.07) is 0.815. The molecule has 0 bridgehead atoms. The second kappa shape index (κ2) is 6.04. The third-order valence-electron chi connectivity index (χ3n) is 4.85. The summed E-state index contributed by atoms with van der Waals surface area (Å²) < 4.78 is 0. The van der Waals surface area contributed by atoms with Crippen molar-refractivity contribution in [2.45, 2.75) is 65.3 Å². The average Bonchev–Trinajstić information content (AvgIpc) is 2.29. The summed E-state index contributed by atoms with van der Waals surface area (Å²) in [5, 5.41) is 3.84. The van der Waals surface area contributed by atoms with Crippen molar-refractivity contribution in [1.29, 1.82) is 0 Å². The summed E-state index contributed by atoms with van der Waals surface area (Å²) in [6.45, 7) is 8.35. The van der Waals surface area contributed by atoms with Crippen LogP contribution in [0.4, 0.5) is 0 Å². The molecule has 0 spiro atoms. The maximum atomic E-state index is 3.84. The molecular formula is C16H29N. The van der Waals surface area contributed by atoms with Crippen molar-refractivity contribution < 1.29 is 0 Å². The van der Waals surface area contributed by atoms with Crippen LogP contribution in [-0.2, 0) is 0 Å². The standard InChI is InChI=1S/C16H29N/c1-12-9-13(2)16(14(3)10-12)11-17-15-7-5-4-6-8-15/h9,13-17H,4-8,10-11H2,1-3H3/t13-,14+,16+/m0/s1. The molecule has 0 aliphatic heterocycles. The highest BCUT2D eigenvalue weighted by Gasteiger charge is 2.27. The normalized spacial score (nSPS) is 35.7. The average molecular weight is 235 g/mol. The first kappa shape index (κ1) is 13.1. The molecule has 17 heavy (non-hydrogen) atoms. The van der Waals surface area contributed by atoms with E-state index in [1.165, 1.54) is 45.1 Å². The molecule has 0 amide bonds. The molecule has 2 aliphatic rings. The fourth-order valence-electron chi connectivity index (χ4n) is 3.81. The Morgan fingerprint density at radius 3 is 2.53 bits per heavy atom. The van der Waals surface area contributed by atoms with E-state index in [0.29, 0.717) is 0 Å². The summed E-state index contributed by atoms with van der Waals surface area (Å²) in [5.74, 6) is 2.46. The predicted molar refractivity (Wildman–Crippen MR) is 75.1 cm³/mol. The van der Waals surface area contributed by atoms with Crippen LogP contribution in [0.5, 0.6) is 0 Å². The zero-order chi connectivity index (χ0) is 12.3. The van der Waals surface area contributed by atoms with E-state index in [2.05, 4.69) is 32.2 Å². The van der Waals surface area contributed by atoms with E-state index >= 15 is 0 Å². The van der Waals surface area contributed by atoms with Crippen LogP contribution in [0, 0.1) is 17.8 Å². The Hall–Kier alpha value is -0.300. The summed E-state index contributed by atoms with van der Waals surface area (Å²) in [4.78, 5) is 0. The van der Waals surface area contributed by atoms with E-state index < -0.39 is 0 Å². The first-order valence-corrected chi connectivity index (χ1v) is 7.57. The SMILES string of the molecule is CC1=C[C@H](C)[C@@H](CNC2CCCCC2)[C@H](C)C1. The first-order chi connectivity index (χ1) is 8.16. The molecule has 0 saturated heterocycles. The Labute approximate surface area is 107 Å². The van der Waals surface area contributed by atoms with Gasteiger partial charge in [0.05, 0.1) is 0 Å². The Morgan fingerprint density at radius 1 is 1.18 bits per heavy atom. The van der Waals surface area contributed by atoms with Gasteiger partial charge in [0.25, 0.3) is 0 Å². The third kappa shape index (κ3) is 3.58. The molecule has 1 N–H and O–H groups in total. The van der Waals surface area contributed by atoms with Gasteiger partial charge in [-0.15, -0.1) is 0 Å². The second-order valence-corrected chi connectivity index (χ2v) is 6.46. The minimum Gasteiger partial charge on any atom is -0.314 e. The fraction of sp³-hybridized carbons (Fsp3) is 0.875. The lowest BCUT2D eigenvalue weighted by Crippen LogP contribution is -2.39. The van der Waals surface area contributed by atoms with Gasteiger partial charge in [-0.2, -0.15) is 0 Å². The van der Waals surface area contributed by atoms with Gasteiger partial charge >= 0.3 is 0 Å². The van der Waals surface area contributed by atoms with Gasteiger partial charge < -0.3 is 5.32 Å². The van der Waals surface area contributed by atoms with E-state index in [1.807, 2.05) is 0 Å². The molecule has 0 aromatic carbocycles. The molecule has 0 radical (unpaired) electrons. The van der Waals surface area contributed by atoms with Crippen molar-refractivity contribution in [2.75, 3.05) is 6.54 Å². The molecule has 3 atom stereocenters. The molecule has 0 aromatic heterocycles. The van der Waals surface area contributed by atoms with Crippen LogP contribution in [0.25, 0.3) is 0 Å². The van der Waals surface area contributed by atoms with Crippen molar-refractivity contribution in [1.82, 2.24) is 5.32 Å². The number of hydrogen-bond donors (Lipinski definition) is 1. The number of hydrogen-bond acceptors (Lipinski definition) is 1. The van der Waals surface area contributed by atoms with Gasteiger partial charge in [-0.3, -0.25) is 0 Å². The molecule has 0 aromatic rings. The summed E-state index contributed by atoms with van der Waals surface area (Å²) in [7, 11) is 0. The lowest BCUT2D eigenvalue weighted by atomic mass is 9.75. The molecule has 1 heteroatoms. The molecule has 0 unspecified atom stereocenters. The van der Waals surface area contributed by atoms with Gasteiger partial charge in [0.1, 0.15) is 0 Å². The molecule has 1 saturated carbocycles. The number of nitrogens with one attached hydrogen (secondary N) is 1. The zero-order valence-corrected chi connectivity index (χ0v) is 11.8. The van der Waals surface area contributed by atoms with Crippen LogP contribution in [0.1, 0.15) is 59.3 Å². The van der Waals surface area contributed by atoms with Crippen LogP contribution in [0.2, 0.25) is 0 Å². The van der Waals surface area contributed by atoms with Gasteiger partial charge in [-0.05, 0) is 50.5 Å². The molecular weight excluding hydrogens is 206 g/mol. The predicted octanol–water partition coefficient (Wildman–Crippen LogP) is 4.15. The lowest BCUT2D eigenvalue weighted by Gasteiger charge is -2.35. The van der Waals surface area contributed by atoms with Crippen molar-refractivity contribution in [3.8, 4) is 0 Å². The van der Waals surface area contributed by atoms with Gasteiger partial charge in [0.15, 0.2) is 0 Å². The van der Waals surface area contributed by atoms with E-state index in [1.54, 1.807) is 5.57 Å². The monoisotopic (exact) mass is 235 g/mol. The Kier molecular flexibility index (Phi) is 4.67. The Bertz CT molecular complexity index is 263. The highest BCUT2D eigenvalue weighted by molar-refractivity contribution is 5.08. The first-order valence-electron chi connectivity index (χ1n) is 7.57. The quantitative estimate of drug-likeness (QED) is 0.725. The van der Waals surface area contributed by atoms with Gasteiger partial charge in [0, 0.05) is 6.04 Å². The topological polar surface area (TPSA) is 12.0 Å². The van der Waals surface area contributed by atoms with Crippen LogP contribution in [0.15, 0.2) is 11.6 Å². The zero-order valence-electron chi connectivity index (χ0n) is 11.8. The van der Waals surface area contributed by atoms with Crippen LogP contribution in [0.3, 0.4) is 0 Å². The number of rotatable bonds is 3. The minimum atomic E-state index is 0.759. The Morgan fingerprint density at radius 2 is 1.88 bits per heavy atom. The molecule has 2 aliphatic carbocycles. The van der Waals surface area contributed by atoms with E-state index in [4.69, 9.17) is 0 Å². The highest BCUT2D eigenvalue weighted by atomic mass is 14.9. The fourth-order valence-corrected chi connectivity index (χ4v) is 3.81. The second-order valence-electron chi connectivity index (χ2n) is 6.46. The van der Waals surface area contributed by atoms with Gasteiger partial charge in [0.2, 0.25) is 0 Å². The smallest absolute Gasteiger partial charge is 0.00671 e. The molecule has 0 heterocycles. The third-order valence-corrected chi connectivity index (χ3v) is 4.85. The van der Waals surface area contributed by atoms with Gasteiger partial charge in [-0.1, -0.05) is 44.8 Å². The van der Waals surface area contributed by atoms with Crippen molar-refractivity contribution >= 4 is 0 Å². The molecule has 2 rings (SSSR count). The molecule has 98 valence electrons. The van der Waals surface area contributed by atoms with Crippen LogP contribution in [-0.4, -0.2) is 12.6 Å². The van der Waals surface area contributed by atoms with E-state index in [-0.39, 0.29) is 0 Å². The maximum absolute atomic E-state index is 3.84. The Balaban J connectivity index is 1.81. The van der Waals surface area contributed by atoms with E-state index in [9.17, 15) is 0 Å². The highest BCUT2D eigenvalue weighted by Crippen LogP contribution is 2.33. The molecule has 1 nitrogen and oxygen atoms in total. The maximum Gasteiger partial charge on any atom is 0.00671 e. The van der Waals surface area contributed by atoms with Crippen molar-refractivity contribution in [3.05, 3.63) is 11.6 Å². The minimum absolute atomic E-state index is 0.759. The van der Waals surface area contributed by atoms with E-state index in [0.717, 1.165) is 23.8 Å². The number of allylic oxidation sites excluding steroid dienone is 2. The lowest BCUT2D eigenvalue weighted by molar-refractivity contribution is 0.240. The van der Waals surface area contributed by atoms with Crippen molar-refractivity contribution in [2.24, 2.45) is 17.8 Å². The van der Waals surface area contributed by atoms with Crippen LogP contribution < -0.4 is 5.32 Å². The summed E-state index contributed by atoms with van der Waals surface area (Å²) in [6.07, 6.45) is 10.9.